The Kier molecular flexibility index (Phi) is 14.3. The summed E-state index contributed by atoms with van der Waals surface area (Å²) in [5.74, 6) is -2.00. The standard InChI is InChI=1S/C35H62O5/c1-3-5-7-9-11-13-15-17-19-21-23-25-34(32(36)37)28-27-29(31-30(28)40-31)35(34,33(38)39)26-24-22-20-18-16-14-12-10-8-6-4-2/h28-31H,3-27H2,1-2H3,(H,36,37)(H,38,39). The van der Waals surface area contributed by atoms with E-state index in [9.17, 15) is 19.8 Å². The smallest absolute Gasteiger partial charge is 0.311 e. The first-order chi connectivity index (χ1) is 19.5. The number of ether oxygens (including phenoxy) is 1. The van der Waals surface area contributed by atoms with E-state index in [1.165, 1.54) is 103 Å². The molecule has 2 N–H and O–H groups in total. The molecule has 0 amide bonds. The van der Waals surface area contributed by atoms with E-state index in [0.717, 1.165) is 44.9 Å². The van der Waals surface area contributed by atoms with Crippen molar-refractivity contribution in [1.82, 2.24) is 0 Å². The number of carboxylic acids is 2. The first kappa shape index (κ1) is 33.4. The van der Waals surface area contributed by atoms with Crippen LogP contribution in [-0.4, -0.2) is 34.4 Å². The molecule has 1 aliphatic heterocycles. The number of epoxide rings is 1. The van der Waals surface area contributed by atoms with Crippen LogP contribution in [0.4, 0.5) is 0 Å². The van der Waals surface area contributed by atoms with Crippen molar-refractivity contribution in [2.75, 3.05) is 0 Å². The lowest BCUT2D eigenvalue weighted by molar-refractivity contribution is -0.182. The van der Waals surface area contributed by atoms with Crippen molar-refractivity contribution in [2.45, 2.75) is 187 Å². The maximum Gasteiger partial charge on any atom is 0.311 e. The number of carbonyl (C=O) groups is 2. The van der Waals surface area contributed by atoms with Gasteiger partial charge in [0, 0.05) is 11.8 Å². The van der Waals surface area contributed by atoms with Gasteiger partial charge in [-0.05, 0) is 19.3 Å². The van der Waals surface area contributed by atoms with Crippen molar-refractivity contribution in [3.8, 4) is 0 Å². The lowest BCUT2D eigenvalue weighted by Crippen LogP contribution is -2.58. The molecule has 6 unspecified atom stereocenters. The Balaban J connectivity index is 1.46. The topological polar surface area (TPSA) is 87.1 Å². The summed E-state index contributed by atoms with van der Waals surface area (Å²) in [7, 11) is 0. The van der Waals surface area contributed by atoms with Crippen LogP contribution < -0.4 is 0 Å². The fourth-order valence-corrected chi connectivity index (χ4v) is 8.82. The van der Waals surface area contributed by atoms with E-state index in [4.69, 9.17) is 4.74 Å². The molecule has 2 bridgehead atoms. The minimum absolute atomic E-state index is 0.0152. The van der Waals surface area contributed by atoms with Crippen molar-refractivity contribution in [3.63, 3.8) is 0 Å². The van der Waals surface area contributed by atoms with Gasteiger partial charge in [0.2, 0.25) is 0 Å². The molecule has 2 aliphatic carbocycles. The summed E-state index contributed by atoms with van der Waals surface area (Å²) in [6.45, 7) is 4.50. The molecule has 40 heavy (non-hydrogen) atoms. The molecule has 1 heterocycles. The Bertz CT molecular complexity index is 692. The lowest BCUT2D eigenvalue weighted by Gasteiger charge is -2.47. The molecule has 0 radical (unpaired) electrons. The highest BCUT2D eigenvalue weighted by Crippen LogP contribution is 2.75. The minimum Gasteiger partial charge on any atom is -0.481 e. The fourth-order valence-electron chi connectivity index (χ4n) is 8.82. The van der Waals surface area contributed by atoms with Crippen molar-refractivity contribution in [1.29, 1.82) is 0 Å². The normalized spacial score (nSPS) is 30.1. The van der Waals surface area contributed by atoms with E-state index in [1.807, 2.05) is 0 Å². The first-order valence-electron chi connectivity index (χ1n) is 17.6. The third-order valence-corrected chi connectivity index (χ3v) is 11.0. The summed E-state index contributed by atoms with van der Waals surface area (Å²) in [4.78, 5) is 26.2. The third kappa shape index (κ3) is 7.84. The molecule has 3 aliphatic rings. The minimum atomic E-state index is -1.17. The monoisotopic (exact) mass is 562 g/mol. The Labute approximate surface area is 245 Å². The molecule has 0 spiro atoms. The zero-order valence-corrected chi connectivity index (χ0v) is 26.1. The Morgan fingerprint density at radius 1 is 0.525 bits per heavy atom. The van der Waals surface area contributed by atoms with Crippen LogP contribution >= 0.6 is 0 Å². The number of aliphatic carboxylic acids is 2. The second kappa shape index (κ2) is 17.1. The van der Waals surface area contributed by atoms with E-state index in [2.05, 4.69) is 13.8 Å². The van der Waals surface area contributed by atoms with Crippen LogP contribution in [-0.2, 0) is 14.3 Å². The van der Waals surface area contributed by atoms with Gasteiger partial charge in [0.25, 0.3) is 0 Å². The van der Waals surface area contributed by atoms with Crippen LogP contribution in [0.25, 0.3) is 0 Å². The molecule has 232 valence electrons. The van der Waals surface area contributed by atoms with Crippen LogP contribution in [0.15, 0.2) is 0 Å². The van der Waals surface area contributed by atoms with Crippen LogP contribution in [0.2, 0.25) is 0 Å². The number of rotatable bonds is 26. The van der Waals surface area contributed by atoms with E-state index in [1.54, 1.807) is 0 Å². The number of fused-ring (bicyclic) bond motifs is 5. The molecule has 3 rings (SSSR count). The highest BCUT2D eigenvalue weighted by Gasteiger charge is 2.83. The summed E-state index contributed by atoms with van der Waals surface area (Å²) in [5, 5.41) is 21.5. The van der Waals surface area contributed by atoms with Gasteiger partial charge in [-0.3, -0.25) is 9.59 Å². The maximum absolute atomic E-state index is 13.1. The van der Waals surface area contributed by atoms with Gasteiger partial charge in [-0.25, -0.2) is 0 Å². The Morgan fingerprint density at radius 3 is 1.07 bits per heavy atom. The number of hydrogen-bond acceptors (Lipinski definition) is 3. The van der Waals surface area contributed by atoms with Crippen molar-refractivity contribution >= 4 is 11.9 Å². The highest BCUT2D eigenvalue weighted by molar-refractivity contribution is 5.89. The molecule has 0 aromatic carbocycles. The van der Waals surface area contributed by atoms with Gasteiger partial charge >= 0.3 is 11.9 Å². The van der Waals surface area contributed by atoms with E-state index in [0.29, 0.717) is 12.8 Å². The second-order valence-electron chi connectivity index (χ2n) is 13.6. The van der Waals surface area contributed by atoms with Gasteiger partial charge in [0.1, 0.15) is 0 Å². The highest BCUT2D eigenvalue weighted by atomic mass is 16.6. The summed E-state index contributed by atoms with van der Waals surface area (Å²) in [5.41, 5.74) is -2.34. The molecule has 1 saturated heterocycles. The van der Waals surface area contributed by atoms with E-state index >= 15 is 0 Å². The van der Waals surface area contributed by atoms with Crippen LogP contribution in [0.1, 0.15) is 174 Å². The van der Waals surface area contributed by atoms with Gasteiger partial charge in [-0.1, -0.05) is 155 Å². The zero-order chi connectivity index (χ0) is 28.8. The molecule has 0 aromatic rings. The quantitative estimate of drug-likeness (QED) is 0.0809. The van der Waals surface area contributed by atoms with Gasteiger partial charge < -0.3 is 14.9 Å². The fraction of sp³-hybridized carbons (Fsp3) is 0.943. The first-order valence-corrected chi connectivity index (χ1v) is 17.6. The van der Waals surface area contributed by atoms with Crippen molar-refractivity contribution in [2.24, 2.45) is 22.7 Å². The molecular formula is C35H62O5. The van der Waals surface area contributed by atoms with E-state index < -0.39 is 22.8 Å². The summed E-state index contributed by atoms with van der Waals surface area (Å²) >= 11 is 0. The van der Waals surface area contributed by atoms with Gasteiger partial charge in [-0.15, -0.1) is 0 Å². The molecule has 5 heteroatoms. The average Bonchev–Trinajstić information content (AvgIpc) is 3.57. The van der Waals surface area contributed by atoms with Crippen molar-refractivity contribution < 1.29 is 24.5 Å². The molecular weight excluding hydrogens is 500 g/mol. The van der Waals surface area contributed by atoms with Gasteiger partial charge in [-0.2, -0.15) is 0 Å². The summed E-state index contributed by atoms with van der Waals surface area (Å²) in [6.07, 6.45) is 28.4. The van der Waals surface area contributed by atoms with Crippen LogP contribution in [0, 0.1) is 22.7 Å². The summed E-state index contributed by atoms with van der Waals surface area (Å²) < 4.78 is 5.94. The molecule has 2 saturated carbocycles. The SMILES string of the molecule is CCCCCCCCCCCCCC1(C(=O)O)C2CC(C3OC32)C1(CCCCCCCCCCCCC)C(=O)O. The number of unbranched alkanes of at least 4 members (excludes halogenated alkanes) is 20. The number of hydrogen-bond donors (Lipinski definition) is 2. The molecule has 6 atom stereocenters. The molecule has 5 nitrogen and oxygen atoms in total. The van der Waals surface area contributed by atoms with Gasteiger partial charge in [0.15, 0.2) is 0 Å². The zero-order valence-electron chi connectivity index (χ0n) is 26.1. The molecule has 3 fully saturated rings. The van der Waals surface area contributed by atoms with Crippen LogP contribution in [0.3, 0.4) is 0 Å². The van der Waals surface area contributed by atoms with Crippen molar-refractivity contribution in [3.05, 3.63) is 0 Å². The summed E-state index contributed by atoms with van der Waals surface area (Å²) in [6, 6.07) is 0. The second-order valence-corrected chi connectivity index (χ2v) is 13.6. The van der Waals surface area contributed by atoms with Gasteiger partial charge in [0.05, 0.1) is 23.0 Å². The third-order valence-electron chi connectivity index (χ3n) is 11.0. The molecule has 0 aromatic heterocycles. The lowest BCUT2D eigenvalue weighted by atomic mass is 9.52. The van der Waals surface area contributed by atoms with E-state index in [-0.39, 0.29) is 24.0 Å². The predicted molar refractivity (Wildman–Crippen MR) is 163 cm³/mol. The van der Waals surface area contributed by atoms with Crippen LogP contribution in [0.5, 0.6) is 0 Å². The average molecular weight is 563 g/mol. The Morgan fingerprint density at radius 2 is 0.800 bits per heavy atom. The Hall–Kier alpha value is -1.10. The predicted octanol–water partition coefficient (Wildman–Crippen LogP) is 9.95. The largest absolute Gasteiger partial charge is 0.481 e. The number of carboxylic acid groups (broad SMARTS) is 2. The maximum atomic E-state index is 13.1.